The summed E-state index contributed by atoms with van der Waals surface area (Å²) in [7, 11) is 0. The first-order chi connectivity index (χ1) is 24.7. The van der Waals surface area contributed by atoms with E-state index in [1.165, 1.54) is 0 Å². The molecule has 0 radical (unpaired) electrons. The van der Waals surface area contributed by atoms with Crippen molar-refractivity contribution < 1.29 is 19.1 Å². The molecule has 50 heavy (non-hydrogen) atoms. The summed E-state index contributed by atoms with van der Waals surface area (Å²) in [6.07, 6.45) is -1.48. The third kappa shape index (κ3) is 5.79. The molecule has 0 bridgehead atoms. The van der Waals surface area contributed by atoms with Crippen LogP contribution in [-0.4, -0.2) is 33.8 Å². The van der Waals surface area contributed by atoms with Crippen molar-refractivity contribution in [2.45, 2.75) is 36.4 Å². The SMILES string of the molecule is O=C1[C@@H](Oc2ccccc2)[C@@H](c2ccccc2)N1[C@H](c1ccccc1)[C@@H](c1ccccc1)N1C(=O)[C@H](Oc2ccccc2)[C@@H]1c1ccccc1. The lowest BCUT2D eigenvalue weighted by Crippen LogP contribution is -2.67. The maximum atomic E-state index is 14.6. The molecule has 2 fully saturated rings. The lowest BCUT2D eigenvalue weighted by Gasteiger charge is -2.57. The molecule has 2 heterocycles. The summed E-state index contributed by atoms with van der Waals surface area (Å²) in [5.74, 6) is 0.980. The quantitative estimate of drug-likeness (QED) is 0.131. The topological polar surface area (TPSA) is 59.1 Å². The first-order valence-electron chi connectivity index (χ1n) is 17.0. The molecule has 0 aliphatic carbocycles. The summed E-state index contributed by atoms with van der Waals surface area (Å²) >= 11 is 0. The fraction of sp³-hybridized carbons (Fsp3) is 0.136. The third-order valence-corrected chi connectivity index (χ3v) is 9.64. The second-order valence-corrected chi connectivity index (χ2v) is 12.6. The number of para-hydroxylation sites is 2. The van der Waals surface area contributed by atoms with E-state index in [9.17, 15) is 9.59 Å². The highest BCUT2D eigenvalue weighted by Crippen LogP contribution is 2.54. The monoisotopic (exact) mass is 656 g/mol. The van der Waals surface area contributed by atoms with E-state index in [1.807, 2.05) is 192 Å². The first kappa shape index (κ1) is 31.1. The van der Waals surface area contributed by atoms with Crippen molar-refractivity contribution in [1.29, 1.82) is 0 Å². The van der Waals surface area contributed by atoms with Gasteiger partial charge in [-0.1, -0.05) is 158 Å². The highest BCUT2D eigenvalue weighted by Gasteiger charge is 2.60. The maximum Gasteiger partial charge on any atom is 0.267 e. The molecule has 0 unspecified atom stereocenters. The molecule has 2 aliphatic rings. The van der Waals surface area contributed by atoms with Crippen LogP contribution in [0.4, 0.5) is 0 Å². The molecule has 6 aromatic carbocycles. The Labute approximate surface area is 292 Å². The van der Waals surface area contributed by atoms with Crippen LogP contribution in [-0.2, 0) is 9.59 Å². The molecule has 6 heteroatoms. The number of rotatable bonds is 11. The van der Waals surface area contributed by atoms with Crippen molar-refractivity contribution in [2.75, 3.05) is 0 Å². The van der Waals surface area contributed by atoms with Gasteiger partial charge in [-0.3, -0.25) is 9.59 Å². The van der Waals surface area contributed by atoms with Gasteiger partial charge in [0.05, 0.1) is 12.1 Å². The highest BCUT2D eigenvalue weighted by atomic mass is 16.5. The van der Waals surface area contributed by atoms with Gasteiger partial charge in [0.1, 0.15) is 23.6 Å². The Morgan fingerprint density at radius 2 is 0.660 bits per heavy atom. The number of carbonyl (C=O) groups excluding carboxylic acids is 2. The number of hydrogen-bond donors (Lipinski definition) is 0. The van der Waals surface area contributed by atoms with E-state index in [4.69, 9.17) is 9.47 Å². The van der Waals surface area contributed by atoms with E-state index >= 15 is 0 Å². The third-order valence-electron chi connectivity index (χ3n) is 9.64. The van der Waals surface area contributed by atoms with Gasteiger partial charge in [-0.15, -0.1) is 0 Å². The van der Waals surface area contributed by atoms with Crippen LogP contribution in [0.3, 0.4) is 0 Å². The predicted molar refractivity (Wildman–Crippen MR) is 192 cm³/mol. The van der Waals surface area contributed by atoms with Gasteiger partial charge in [0.25, 0.3) is 11.8 Å². The minimum atomic E-state index is -0.742. The number of benzene rings is 6. The van der Waals surface area contributed by atoms with Crippen LogP contribution in [0.15, 0.2) is 182 Å². The lowest BCUT2D eigenvalue weighted by atomic mass is 9.79. The van der Waals surface area contributed by atoms with E-state index in [-0.39, 0.29) is 11.8 Å². The van der Waals surface area contributed by atoms with E-state index in [0.717, 1.165) is 22.3 Å². The normalized spacial score (nSPS) is 21.0. The molecule has 0 aromatic heterocycles. The maximum absolute atomic E-state index is 14.6. The Kier molecular flexibility index (Phi) is 8.58. The van der Waals surface area contributed by atoms with Crippen molar-refractivity contribution >= 4 is 11.8 Å². The van der Waals surface area contributed by atoms with Gasteiger partial charge in [0, 0.05) is 0 Å². The number of hydrogen-bond acceptors (Lipinski definition) is 4. The van der Waals surface area contributed by atoms with Gasteiger partial charge in [-0.25, -0.2) is 0 Å². The predicted octanol–water partition coefficient (Wildman–Crippen LogP) is 8.53. The van der Waals surface area contributed by atoms with E-state index in [0.29, 0.717) is 11.5 Å². The van der Waals surface area contributed by atoms with E-state index < -0.39 is 36.4 Å². The molecular formula is C44H36N2O4. The summed E-state index contributed by atoms with van der Waals surface area (Å²) in [6.45, 7) is 0. The Morgan fingerprint density at radius 3 is 0.980 bits per heavy atom. The van der Waals surface area contributed by atoms with Gasteiger partial charge >= 0.3 is 0 Å². The Morgan fingerprint density at radius 1 is 0.380 bits per heavy atom. The Bertz CT molecular complexity index is 1880. The molecule has 6 aromatic rings. The largest absolute Gasteiger partial charge is 0.478 e. The zero-order valence-corrected chi connectivity index (χ0v) is 27.3. The molecule has 2 aliphatic heterocycles. The van der Waals surface area contributed by atoms with Gasteiger partial charge < -0.3 is 19.3 Å². The Balaban J connectivity index is 1.27. The summed E-state index contributed by atoms with van der Waals surface area (Å²) < 4.78 is 12.9. The zero-order chi connectivity index (χ0) is 33.9. The number of nitrogens with zero attached hydrogens (tertiary/aromatic N) is 2. The van der Waals surface area contributed by atoms with Crippen LogP contribution in [0, 0.1) is 0 Å². The van der Waals surface area contributed by atoms with E-state index in [2.05, 4.69) is 0 Å². The van der Waals surface area contributed by atoms with Crippen LogP contribution in [0.25, 0.3) is 0 Å². The van der Waals surface area contributed by atoms with Crippen LogP contribution < -0.4 is 9.47 Å². The van der Waals surface area contributed by atoms with Crippen molar-refractivity contribution in [3.05, 3.63) is 204 Å². The molecule has 6 nitrogen and oxygen atoms in total. The molecule has 0 spiro atoms. The van der Waals surface area contributed by atoms with Crippen molar-refractivity contribution in [3.8, 4) is 11.5 Å². The van der Waals surface area contributed by atoms with Crippen LogP contribution >= 0.6 is 0 Å². The summed E-state index contributed by atoms with van der Waals surface area (Å²) in [5, 5.41) is 0. The molecule has 8 rings (SSSR count). The molecule has 0 N–H and O–H groups in total. The summed E-state index contributed by atoms with van der Waals surface area (Å²) in [6, 6.07) is 57.1. The number of amides is 2. The molecule has 6 atom stereocenters. The molecule has 2 amide bonds. The molecule has 246 valence electrons. The molecule has 0 saturated carbocycles. The summed E-state index contributed by atoms with van der Waals surface area (Å²) in [5.41, 5.74) is 3.75. The second-order valence-electron chi connectivity index (χ2n) is 12.6. The fourth-order valence-electron chi connectivity index (χ4n) is 7.37. The van der Waals surface area contributed by atoms with Crippen LogP contribution in [0.1, 0.15) is 46.4 Å². The first-order valence-corrected chi connectivity index (χ1v) is 17.0. The highest BCUT2D eigenvalue weighted by molar-refractivity contribution is 5.92. The summed E-state index contributed by atoms with van der Waals surface area (Å²) in [4.78, 5) is 33.1. The number of carbonyl (C=O) groups is 2. The van der Waals surface area contributed by atoms with Gasteiger partial charge in [0.2, 0.25) is 12.2 Å². The van der Waals surface area contributed by atoms with E-state index in [1.54, 1.807) is 0 Å². The minimum Gasteiger partial charge on any atom is -0.478 e. The van der Waals surface area contributed by atoms with Crippen molar-refractivity contribution in [3.63, 3.8) is 0 Å². The van der Waals surface area contributed by atoms with Crippen LogP contribution in [0.2, 0.25) is 0 Å². The lowest BCUT2D eigenvalue weighted by molar-refractivity contribution is -0.186. The van der Waals surface area contributed by atoms with Crippen molar-refractivity contribution in [1.82, 2.24) is 9.80 Å². The number of likely N-dealkylation sites (tertiary alicyclic amines) is 2. The van der Waals surface area contributed by atoms with Crippen LogP contribution in [0.5, 0.6) is 11.5 Å². The van der Waals surface area contributed by atoms with Crippen molar-refractivity contribution in [2.24, 2.45) is 0 Å². The standard InChI is InChI=1S/C44H36N2O4/c47-43-41(49-35-27-15-5-16-28-35)39(33-23-11-3-12-24-33)45(43)37(31-19-7-1-8-20-31)38(32-21-9-2-10-22-32)46-40(34-25-13-4-14-26-34)42(44(46)48)50-36-29-17-6-18-30-36/h1-30,37-42H/t37-,38-,39-,40+,41+,42-/m1/s1. The smallest absolute Gasteiger partial charge is 0.267 e. The van der Waals surface area contributed by atoms with Gasteiger partial charge in [-0.05, 0) is 46.5 Å². The average Bonchev–Trinajstić information content (AvgIpc) is 3.19. The fourth-order valence-corrected chi connectivity index (χ4v) is 7.37. The zero-order valence-electron chi connectivity index (χ0n) is 27.3. The number of ether oxygens (including phenoxy) is 2. The van der Waals surface area contributed by atoms with Gasteiger partial charge in [-0.2, -0.15) is 0 Å². The number of β-lactam (4-membered cyclic amide) rings is 2. The Hall–Kier alpha value is -6.14. The molecular weight excluding hydrogens is 620 g/mol. The average molecular weight is 657 g/mol. The second kappa shape index (κ2) is 13.8. The van der Waals surface area contributed by atoms with Gasteiger partial charge in [0.15, 0.2) is 0 Å². The minimum absolute atomic E-state index is 0.140. The molecule has 2 saturated heterocycles.